The molecule has 106 valence electrons. The zero-order valence-corrected chi connectivity index (χ0v) is 12.1. The predicted octanol–water partition coefficient (Wildman–Crippen LogP) is 4.43. The second-order valence-corrected chi connectivity index (χ2v) is 5.17. The minimum atomic E-state index is -0.415. The maximum absolute atomic E-state index is 13.9. The van der Waals surface area contributed by atoms with E-state index in [9.17, 15) is 8.78 Å². The first-order chi connectivity index (χ1) is 9.52. The molecule has 0 saturated carbocycles. The SMILES string of the molecule is CNC(Cc1cccc(Cl)c1F)c1ccc(C)c(F)c1. The summed E-state index contributed by atoms with van der Waals surface area (Å²) in [5.41, 5.74) is 1.89. The summed E-state index contributed by atoms with van der Waals surface area (Å²) in [7, 11) is 1.77. The molecule has 1 unspecified atom stereocenters. The zero-order valence-electron chi connectivity index (χ0n) is 11.4. The van der Waals surface area contributed by atoms with E-state index in [1.807, 2.05) is 6.07 Å². The molecule has 0 amide bonds. The fraction of sp³-hybridized carbons (Fsp3) is 0.250. The normalized spacial score (nSPS) is 12.4. The van der Waals surface area contributed by atoms with Crippen molar-refractivity contribution < 1.29 is 8.78 Å². The topological polar surface area (TPSA) is 12.0 Å². The van der Waals surface area contributed by atoms with Crippen molar-refractivity contribution in [3.8, 4) is 0 Å². The summed E-state index contributed by atoms with van der Waals surface area (Å²) in [6.45, 7) is 1.71. The molecule has 20 heavy (non-hydrogen) atoms. The van der Waals surface area contributed by atoms with E-state index in [-0.39, 0.29) is 16.9 Å². The molecule has 0 bridgehead atoms. The number of nitrogens with one attached hydrogen (secondary N) is 1. The third-order valence-corrected chi connectivity index (χ3v) is 3.69. The van der Waals surface area contributed by atoms with E-state index in [0.29, 0.717) is 17.5 Å². The van der Waals surface area contributed by atoms with Crippen LogP contribution in [-0.2, 0) is 6.42 Å². The van der Waals surface area contributed by atoms with Gasteiger partial charge < -0.3 is 5.32 Å². The highest BCUT2D eigenvalue weighted by molar-refractivity contribution is 6.30. The van der Waals surface area contributed by atoms with Crippen molar-refractivity contribution in [1.29, 1.82) is 0 Å². The lowest BCUT2D eigenvalue weighted by atomic mass is 9.97. The fourth-order valence-electron chi connectivity index (χ4n) is 2.14. The number of halogens is 3. The van der Waals surface area contributed by atoms with E-state index in [1.165, 1.54) is 12.1 Å². The van der Waals surface area contributed by atoms with Gasteiger partial charge in [-0.3, -0.25) is 0 Å². The molecule has 1 atom stereocenters. The molecule has 0 heterocycles. The van der Waals surface area contributed by atoms with Crippen LogP contribution in [0.2, 0.25) is 5.02 Å². The van der Waals surface area contributed by atoms with Crippen molar-refractivity contribution in [3.63, 3.8) is 0 Å². The lowest BCUT2D eigenvalue weighted by Crippen LogP contribution is -2.19. The second kappa shape index (κ2) is 6.33. The van der Waals surface area contributed by atoms with Gasteiger partial charge in [0.15, 0.2) is 0 Å². The molecule has 0 aliphatic rings. The molecule has 0 aliphatic carbocycles. The van der Waals surface area contributed by atoms with E-state index < -0.39 is 5.82 Å². The first-order valence-electron chi connectivity index (χ1n) is 6.39. The van der Waals surface area contributed by atoms with E-state index in [1.54, 1.807) is 32.2 Å². The van der Waals surface area contributed by atoms with E-state index >= 15 is 0 Å². The molecular formula is C16H16ClF2N. The smallest absolute Gasteiger partial charge is 0.145 e. The summed E-state index contributed by atoms with van der Waals surface area (Å²) in [5.74, 6) is -0.670. The van der Waals surface area contributed by atoms with Crippen molar-refractivity contribution >= 4 is 11.6 Å². The molecule has 0 saturated heterocycles. The molecule has 2 aromatic rings. The summed E-state index contributed by atoms with van der Waals surface area (Å²) in [6, 6.07) is 9.81. The Bertz CT molecular complexity index is 613. The predicted molar refractivity (Wildman–Crippen MR) is 78.1 cm³/mol. The second-order valence-electron chi connectivity index (χ2n) is 4.77. The highest BCUT2D eigenvalue weighted by atomic mass is 35.5. The van der Waals surface area contributed by atoms with Crippen LogP contribution >= 0.6 is 11.6 Å². The maximum Gasteiger partial charge on any atom is 0.145 e. The van der Waals surface area contributed by atoms with Crippen LogP contribution in [0.5, 0.6) is 0 Å². The van der Waals surface area contributed by atoms with Crippen LogP contribution < -0.4 is 5.32 Å². The van der Waals surface area contributed by atoms with Crippen molar-refractivity contribution in [2.75, 3.05) is 7.05 Å². The minimum absolute atomic E-state index is 0.104. The zero-order chi connectivity index (χ0) is 14.7. The number of hydrogen-bond donors (Lipinski definition) is 1. The highest BCUT2D eigenvalue weighted by Gasteiger charge is 2.15. The van der Waals surface area contributed by atoms with Crippen molar-refractivity contribution in [2.45, 2.75) is 19.4 Å². The minimum Gasteiger partial charge on any atom is -0.313 e. The Labute approximate surface area is 122 Å². The van der Waals surface area contributed by atoms with Gasteiger partial charge in [-0.05, 0) is 49.2 Å². The first-order valence-corrected chi connectivity index (χ1v) is 6.77. The lowest BCUT2D eigenvalue weighted by molar-refractivity contribution is 0.548. The molecule has 1 nitrogen and oxygen atoms in total. The van der Waals surface area contributed by atoms with Crippen LogP contribution in [-0.4, -0.2) is 7.05 Å². The van der Waals surface area contributed by atoms with Gasteiger partial charge in [-0.15, -0.1) is 0 Å². The number of hydrogen-bond acceptors (Lipinski definition) is 1. The van der Waals surface area contributed by atoms with Crippen LogP contribution in [0.1, 0.15) is 22.7 Å². The lowest BCUT2D eigenvalue weighted by Gasteiger charge is -2.18. The molecule has 2 aromatic carbocycles. The monoisotopic (exact) mass is 295 g/mol. The van der Waals surface area contributed by atoms with Crippen molar-refractivity contribution in [2.24, 2.45) is 0 Å². The van der Waals surface area contributed by atoms with Crippen molar-refractivity contribution in [1.82, 2.24) is 5.32 Å². The highest BCUT2D eigenvalue weighted by Crippen LogP contribution is 2.24. The number of rotatable bonds is 4. The third kappa shape index (κ3) is 3.17. The van der Waals surface area contributed by atoms with Gasteiger partial charge in [0.25, 0.3) is 0 Å². The largest absolute Gasteiger partial charge is 0.313 e. The van der Waals surface area contributed by atoms with Gasteiger partial charge in [-0.2, -0.15) is 0 Å². The van der Waals surface area contributed by atoms with Gasteiger partial charge >= 0.3 is 0 Å². The summed E-state index contributed by atoms with van der Waals surface area (Å²) in [6.07, 6.45) is 0.408. The molecule has 0 aromatic heterocycles. The van der Waals surface area contributed by atoms with Crippen LogP contribution in [0.3, 0.4) is 0 Å². The van der Waals surface area contributed by atoms with Gasteiger partial charge in [0.1, 0.15) is 11.6 Å². The van der Waals surface area contributed by atoms with Gasteiger partial charge in [0.2, 0.25) is 0 Å². The standard InChI is InChI=1S/C16H16ClF2N/c1-10-6-7-11(8-14(10)18)15(20-2)9-12-4-3-5-13(17)16(12)19/h3-8,15,20H,9H2,1-2H3. The van der Waals surface area contributed by atoms with Gasteiger partial charge in [0, 0.05) is 6.04 Å². The fourth-order valence-corrected chi connectivity index (χ4v) is 2.33. The summed E-state index contributed by atoms with van der Waals surface area (Å²) < 4.78 is 27.6. The Morgan fingerprint density at radius 2 is 1.95 bits per heavy atom. The number of benzene rings is 2. The van der Waals surface area contributed by atoms with Crippen molar-refractivity contribution in [3.05, 3.63) is 69.7 Å². The first kappa shape index (κ1) is 14.9. The maximum atomic E-state index is 13.9. The molecule has 2 rings (SSSR count). The van der Waals surface area contributed by atoms with Gasteiger partial charge in [-0.25, -0.2) is 8.78 Å². The Kier molecular flexibility index (Phi) is 4.73. The molecule has 4 heteroatoms. The molecule has 0 aliphatic heterocycles. The molecule has 0 spiro atoms. The Morgan fingerprint density at radius 3 is 2.60 bits per heavy atom. The Balaban J connectivity index is 2.28. The van der Waals surface area contributed by atoms with Gasteiger partial charge in [-0.1, -0.05) is 35.9 Å². The molecule has 0 fully saturated rings. The van der Waals surface area contributed by atoms with Crippen LogP contribution in [0, 0.1) is 18.6 Å². The third-order valence-electron chi connectivity index (χ3n) is 3.40. The van der Waals surface area contributed by atoms with E-state index in [4.69, 9.17) is 11.6 Å². The summed E-state index contributed by atoms with van der Waals surface area (Å²) >= 11 is 5.78. The quantitative estimate of drug-likeness (QED) is 0.880. The van der Waals surface area contributed by atoms with Crippen LogP contribution in [0.25, 0.3) is 0 Å². The Morgan fingerprint density at radius 1 is 1.20 bits per heavy atom. The Hall–Kier alpha value is -1.45. The average molecular weight is 296 g/mol. The number of likely N-dealkylation sites (N-methyl/N-ethyl adjacent to an activating group) is 1. The summed E-state index contributed by atoms with van der Waals surface area (Å²) in [4.78, 5) is 0. The van der Waals surface area contributed by atoms with E-state index in [0.717, 1.165) is 5.56 Å². The molecule has 1 N–H and O–H groups in total. The van der Waals surface area contributed by atoms with Crippen LogP contribution in [0.4, 0.5) is 8.78 Å². The summed E-state index contributed by atoms with van der Waals surface area (Å²) in [5, 5.41) is 3.19. The average Bonchev–Trinajstić information content (AvgIpc) is 2.44. The number of aryl methyl sites for hydroxylation is 1. The molecule has 0 radical (unpaired) electrons. The molecular weight excluding hydrogens is 280 g/mol. The van der Waals surface area contributed by atoms with Crippen LogP contribution in [0.15, 0.2) is 36.4 Å². The van der Waals surface area contributed by atoms with Gasteiger partial charge in [0.05, 0.1) is 5.02 Å². The van der Waals surface area contributed by atoms with E-state index in [2.05, 4.69) is 5.32 Å².